The minimum atomic E-state index is -3.59. The van der Waals surface area contributed by atoms with Gasteiger partial charge in [0.25, 0.3) is 0 Å². The summed E-state index contributed by atoms with van der Waals surface area (Å²) < 4.78 is 27.0. The molecule has 19 heavy (non-hydrogen) atoms. The molecule has 1 aromatic rings. The Kier molecular flexibility index (Phi) is 4.84. The predicted molar refractivity (Wildman–Crippen MR) is 74.7 cm³/mol. The molecule has 0 aromatic heterocycles. The lowest BCUT2D eigenvalue weighted by Crippen LogP contribution is -2.42. The molecule has 4 nitrogen and oxygen atoms in total. The fourth-order valence-corrected chi connectivity index (χ4v) is 3.74. The smallest absolute Gasteiger partial charge is 0.240 e. The number of sulfonamides is 1. The second kappa shape index (κ2) is 6.22. The van der Waals surface area contributed by atoms with E-state index in [1.54, 1.807) is 12.1 Å². The molecule has 0 spiro atoms. The van der Waals surface area contributed by atoms with Gasteiger partial charge in [-0.05, 0) is 37.1 Å². The average molecular weight is 304 g/mol. The van der Waals surface area contributed by atoms with Crippen LogP contribution in [0.2, 0.25) is 5.02 Å². The Bertz CT molecular complexity index is 515. The van der Waals surface area contributed by atoms with Gasteiger partial charge in [0, 0.05) is 11.1 Å². The molecule has 0 heterocycles. The van der Waals surface area contributed by atoms with Crippen LogP contribution >= 0.6 is 11.6 Å². The van der Waals surface area contributed by atoms with Crippen molar-refractivity contribution in [3.05, 3.63) is 29.3 Å². The first-order chi connectivity index (χ1) is 8.99. The second-order valence-electron chi connectivity index (χ2n) is 4.89. The van der Waals surface area contributed by atoms with Crippen LogP contribution in [0.15, 0.2) is 29.2 Å². The van der Waals surface area contributed by atoms with Crippen molar-refractivity contribution in [3.63, 3.8) is 0 Å². The van der Waals surface area contributed by atoms with Crippen LogP contribution in [0.4, 0.5) is 0 Å². The lowest BCUT2D eigenvalue weighted by atomic mass is 10.1. The first kappa shape index (κ1) is 14.8. The number of aliphatic hydroxyl groups excluding tert-OH is 1. The van der Waals surface area contributed by atoms with Gasteiger partial charge >= 0.3 is 0 Å². The van der Waals surface area contributed by atoms with Crippen molar-refractivity contribution >= 4 is 21.6 Å². The zero-order chi connectivity index (χ0) is 13.9. The van der Waals surface area contributed by atoms with E-state index in [-0.39, 0.29) is 4.90 Å². The average Bonchev–Trinajstić information content (AvgIpc) is 2.55. The maximum Gasteiger partial charge on any atom is 0.240 e. The SMILES string of the molecule is O=S(=O)(NC1CCCCCC1O)c1ccc(Cl)cc1. The Morgan fingerprint density at radius 3 is 2.42 bits per heavy atom. The van der Waals surface area contributed by atoms with E-state index in [4.69, 9.17) is 11.6 Å². The molecule has 1 aliphatic rings. The lowest BCUT2D eigenvalue weighted by Gasteiger charge is -2.21. The van der Waals surface area contributed by atoms with E-state index in [9.17, 15) is 13.5 Å². The van der Waals surface area contributed by atoms with E-state index in [0.29, 0.717) is 17.9 Å². The summed E-state index contributed by atoms with van der Waals surface area (Å²) in [6.07, 6.45) is 3.63. The molecular weight excluding hydrogens is 286 g/mol. The molecule has 0 aliphatic heterocycles. The van der Waals surface area contributed by atoms with Crippen LogP contribution < -0.4 is 4.72 Å². The van der Waals surface area contributed by atoms with Crippen molar-refractivity contribution in [2.24, 2.45) is 0 Å². The van der Waals surface area contributed by atoms with E-state index in [1.165, 1.54) is 12.1 Å². The zero-order valence-corrected chi connectivity index (χ0v) is 12.1. The number of hydrogen-bond acceptors (Lipinski definition) is 3. The third kappa shape index (κ3) is 3.92. The highest BCUT2D eigenvalue weighted by atomic mass is 35.5. The van der Waals surface area contributed by atoms with Crippen LogP contribution in [0.3, 0.4) is 0 Å². The second-order valence-corrected chi connectivity index (χ2v) is 7.04. The standard InChI is InChI=1S/C13H18ClNO3S/c14-10-6-8-11(9-7-10)19(17,18)15-12-4-2-1-3-5-13(12)16/h6-9,12-13,15-16H,1-5H2. The molecule has 0 radical (unpaired) electrons. The summed E-state index contributed by atoms with van der Waals surface area (Å²) in [4.78, 5) is 0.174. The summed E-state index contributed by atoms with van der Waals surface area (Å²) in [5.41, 5.74) is 0. The van der Waals surface area contributed by atoms with Gasteiger partial charge in [0.15, 0.2) is 0 Å². The first-order valence-electron chi connectivity index (χ1n) is 6.45. The Hall–Kier alpha value is -0.620. The fourth-order valence-electron chi connectivity index (χ4n) is 2.31. The summed E-state index contributed by atoms with van der Waals surface area (Å²) in [5.74, 6) is 0. The first-order valence-corrected chi connectivity index (χ1v) is 8.31. The monoisotopic (exact) mass is 303 g/mol. The van der Waals surface area contributed by atoms with Gasteiger partial charge in [0.2, 0.25) is 10.0 Å². The van der Waals surface area contributed by atoms with Gasteiger partial charge in [0.05, 0.1) is 11.0 Å². The highest BCUT2D eigenvalue weighted by Gasteiger charge is 2.26. The van der Waals surface area contributed by atoms with Crippen LogP contribution in [0, 0.1) is 0 Å². The maximum absolute atomic E-state index is 12.2. The quantitative estimate of drug-likeness (QED) is 0.842. The van der Waals surface area contributed by atoms with Crippen LogP contribution in [0.5, 0.6) is 0 Å². The van der Waals surface area contributed by atoms with E-state index in [2.05, 4.69) is 4.72 Å². The van der Waals surface area contributed by atoms with Crippen molar-refractivity contribution in [1.82, 2.24) is 4.72 Å². The van der Waals surface area contributed by atoms with Crippen LogP contribution in [-0.2, 0) is 10.0 Å². The maximum atomic E-state index is 12.2. The molecular formula is C13H18ClNO3S. The van der Waals surface area contributed by atoms with E-state index >= 15 is 0 Å². The molecule has 1 saturated carbocycles. The molecule has 2 atom stereocenters. The summed E-state index contributed by atoms with van der Waals surface area (Å²) in [6, 6.07) is 5.61. The zero-order valence-electron chi connectivity index (χ0n) is 10.5. The molecule has 2 unspecified atom stereocenters. The predicted octanol–water partition coefficient (Wildman–Crippen LogP) is 2.31. The van der Waals surface area contributed by atoms with E-state index in [0.717, 1.165) is 19.3 Å². The van der Waals surface area contributed by atoms with Crippen molar-refractivity contribution in [3.8, 4) is 0 Å². The number of rotatable bonds is 3. The van der Waals surface area contributed by atoms with Crippen LogP contribution in [0.25, 0.3) is 0 Å². The van der Waals surface area contributed by atoms with Crippen LogP contribution in [-0.4, -0.2) is 25.7 Å². The molecule has 2 N–H and O–H groups in total. The van der Waals surface area contributed by atoms with Gasteiger partial charge < -0.3 is 5.11 Å². The van der Waals surface area contributed by atoms with Crippen molar-refractivity contribution in [1.29, 1.82) is 0 Å². The minimum Gasteiger partial charge on any atom is -0.391 e. The van der Waals surface area contributed by atoms with Gasteiger partial charge in [-0.15, -0.1) is 0 Å². The molecule has 0 bridgehead atoms. The largest absolute Gasteiger partial charge is 0.391 e. The third-order valence-corrected chi connectivity index (χ3v) is 5.17. The molecule has 6 heteroatoms. The van der Waals surface area contributed by atoms with E-state index in [1.807, 2.05) is 0 Å². The summed E-state index contributed by atoms with van der Waals surface area (Å²) in [6.45, 7) is 0. The lowest BCUT2D eigenvalue weighted by molar-refractivity contribution is 0.130. The summed E-state index contributed by atoms with van der Waals surface area (Å²) in [7, 11) is -3.59. The minimum absolute atomic E-state index is 0.174. The summed E-state index contributed by atoms with van der Waals surface area (Å²) >= 11 is 5.74. The van der Waals surface area contributed by atoms with Crippen molar-refractivity contribution < 1.29 is 13.5 Å². The Morgan fingerprint density at radius 1 is 1.11 bits per heavy atom. The summed E-state index contributed by atoms with van der Waals surface area (Å²) in [5, 5.41) is 10.4. The van der Waals surface area contributed by atoms with Crippen LogP contribution in [0.1, 0.15) is 32.1 Å². The molecule has 1 aromatic carbocycles. The van der Waals surface area contributed by atoms with Gasteiger partial charge in [-0.1, -0.05) is 30.9 Å². The van der Waals surface area contributed by atoms with Crippen molar-refractivity contribution in [2.75, 3.05) is 0 Å². The van der Waals surface area contributed by atoms with Gasteiger partial charge in [-0.2, -0.15) is 0 Å². The molecule has 0 amide bonds. The normalized spacial score (nSPS) is 24.9. The Labute approximate surface area is 118 Å². The number of benzene rings is 1. The fraction of sp³-hybridized carbons (Fsp3) is 0.538. The number of hydrogen-bond donors (Lipinski definition) is 2. The highest BCUT2D eigenvalue weighted by Crippen LogP contribution is 2.21. The number of halogens is 1. The van der Waals surface area contributed by atoms with Gasteiger partial charge in [-0.25, -0.2) is 13.1 Å². The number of aliphatic hydroxyl groups is 1. The third-order valence-electron chi connectivity index (χ3n) is 3.41. The van der Waals surface area contributed by atoms with E-state index < -0.39 is 22.2 Å². The highest BCUT2D eigenvalue weighted by molar-refractivity contribution is 7.89. The molecule has 1 aliphatic carbocycles. The van der Waals surface area contributed by atoms with Gasteiger partial charge in [-0.3, -0.25) is 0 Å². The number of nitrogens with one attached hydrogen (secondary N) is 1. The topological polar surface area (TPSA) is 66.4 Å². The Balaban J connectivity index is 2.13. The van der Waals surface area contributed by atoms with Gasteiger partial charge in [0.1, 0.15) is 0 Å². The molecule has 0 saturated heterocycles. The Morgan fingerprint density at radius 2 is 1.74 bits per heavy atom. The van der Waals surface area contributed by atoms with Crippen molar-refractivity contribution in [2.45, 2.75) is 49.1 Å². The molecule has 2 rings (SSSR count). The molecule has 1 fully saturated rings. The molecule has 106 valence electrons.